The van der Waals surface area contributed by atoms with Gasteiger partial charge in [-0.2, -0.15) is 5.26 Å². The Kier molecular flexibility index (Phi) is 3.09. The standard InChI is InChI=1S/C13H16N2O/c1-2-3-9-4-5-12-10(6-9)7-11(8-14)13(16)15-12/h7,9H,2-6H2,1H3,(H,15,16)/t9-/m0/s1. The van der Waals surface area contributed by atoms with Crippen molar-refractivity contribution in [2.24, 2.45) is 5.92 Å². The Morgan fingerprint density at radius 2 is 2.44 bits per heavy atom. The lowest BCUT2D eigenvalue weighted by atomic mass is 9.83. The number of nitrogens with zero attached hydrogens (tertiary/aromatic N) is 1. The van der Waals surface area contributed by atoms with Gasteiger partial charge < -0.3 is 4.98 Å². The minimum atomic E-state index is -0.241. The third kappa shape index (κ3) is 2.01. The summed E-state index contributed by atoms with van der Waals surface area (Å²) in [5.74, 6) is 0.718. The molecule has 1 heterocycles. The number of fused-ring (bicyclic) bond motifs is 1. The minimum Gasteiger partial charge on any atom is -0.325 e. The fourth-order valence-electron chi connectivity index (χ4n) is 2.52. The Balaban J connectivity index is 2.31. The van der Waals surface area contributed by atoms with E-state index < -0.39 is 0 Å². The van der Waals surface area contributed by atoms with Gasteiger partial charge in [0.25, 0.3) is 5.56 Å². The molecule has 1 atom stereocenters. The molecule has 16 heavy (non-hydrogen) atoms. The second kappa shape index (κ2) is 4.52. The van der Waals surface area contributed by atoms with Crippen LogP contribution in [0.3, 0.4) is 0 Å². The molecule has 84 valence electrons. The van der Waals surface area contributed by atoms with Crippen molar-refractivity contribution in [2.75, 3.05) is 0 Å². The van der Waals surface area contributed by atoms with Crippen molar-refractivity contribution in [3.63, 3.8) is 0 Å². The van der Waals surface area contributed by atoms with E-state index in [1.807, 2.05) is 6.07 Å². The number of aryl methyl sites for hydroxylation is 1. The second-order valence-electron chi connectivity index (χ2n) is 4.53. The summed E-state index contributed by atoms with van der Waals surface area (Å²) in [6, 6.07) is 3.72. The molecular formula is C13H16N2O. The first kappa shape index (κ1) is 10.9. The average molecular weight is 216 g/mol. The van der Waals surface area contributed by atoms with Crippen LogP contribution in [-0.2, 0) is 12.8 Å². The van der Waals surface area contributed by atoms with E-state index in [4.69, 9.17) is 5.26 Å². The highest BCUT2D eigenvalue weighted by Gasteiger charge is 2.19. The van der Waals surface area contributed by atoms with Gasteiger partial charge in [-0.25, -0.2) is 0 Å². The highest BCUT2D eigenvalue weighted by molar-refractivity contribution is 5.34. The van der Waals surface area contributed by atoms with E-state index in [-0.39, 0.29) is 11.1 Å². The Labute approximate surface area is 95.1 Å². The predicted molar refractivity (Wildman–Crippen MR) is 62.2 cm³/mol. The lowest BCUT2D eigenvalue weighted by Gasteiger charge is -2.23. The fraction of sp³-hybridized carbons (Fsp3) is 0.538. The monoisotopic (exact) mass is 216 g/mol. The van der Waals surface area contributed by atoms with Crippen molar-refractivity contribution in [1.82, 2.24) is 4.98 Å². The highest BCUT2D eigenvalue weighted by atomic mass is 16.1. The quantitative estimate of drug-likeness (QED) is 0.823. The van der Waals surface area contributed by atoms with Crippen LogP contribution in [0.1, 0.15) is 43.0 Å². The molecule has 0 aromatic carbocycles. The van der Waals surface area contributed by atoms with E-state index in [2.05, 4.69) is 11.9 Å². The molecule has 1 aliphatic carbocycles. The third-order valence-corrected chi connectivity index (χ3v) is 3.34. The van der Waals surface area contributed by atoms with Gasteiger partial charge >= 0.3 is 0 Å². The molecule has 0 radical (unpaired) electrons. The first-order valence-corrected chi connectivity index (χ1v) is 5.89. The number of nitriles is 1. The topological polar surface area (TPSA) is 56.6 Å². The Bertz CT molecular complexity index is 482. The summed E-state index contributed by atoms with van der Waals surface area (Å²) in [5.41, 5.74) is 2.21. The van der Waals surface area contributed by atoms with Crippen LogP contribution >= 0.6 is 0 Å². The number of aromatic nitrogens is 1. The zero-order chi connectivity index (χ0) is 11.5. The van der Waals surface area contributed by atoms with Crippen LogP contribution in [0.2, 0.25) is 0 Å². The molecule has 1 aromatic rings. The average Bonchev–Trinajstić information content (AvgIpc) is 2.29. The van der Waals surface area contributed by atoms with Gasteiger partial charge in [0.15, 0.2) is 0 Å². The van der Waals surface area contributed by atoms with Crippen molar-refractivity contribution in [2.45, 2.75) is 39.0 Å². The van der Waals surface area contributed by atoms with Gasteiger partial charge in [0, 0.05) is 5.69 Å². The molecule has 0 bridgehead atoms. The molecule has 0 spiro atoms. The molecule has 0 unspecified atom stereocenters. The van der Waals surface area contributed by atoms with Crippen molar-refractivity contribution in [3.05, 3.63) is 33.2 Å². The summed E-state index contributed by atoms with van der Waals surface area (Å²) >= 11 is 0. The lowest BCUT2D eigenvalue weighted by Crippen LogP contribution is -2.21. The van der Waals surface area contributed by atoms with Crippen molar-refractivity contribution >= 4 is 0 Å². The third-order valence-electron chi connectivity index (χ3n) is 3.34. The maximum absolute atomic E-state index is 11.5. The largest absolute Gasteiger partial charge is 0.325 e. The van der Waals surface area contributed by atoms with Gasteiger partial charge in [0.1, 0.15) is 11.6 Å². The van der Waals surface area contributed by atoms with E-state index in [1.54, 1.807) is 6.07 Å². The number of hydrogen-bond donors (Lipinski definition) is 1. The van der Waals surface area contributed by atoms with Crippen LogP contribution < -0.4 is 5.56 Å². The summed E-state index contributed by atoms with van der Waals surface area (Å²) in [4.78, 5) is 14.3. The summed E-state index contributed by atoms with van der Waals surface area (Å²) in [6.45, 7) is 2.20. The van der Waals surface area contributed by atoms with Crippen LogP contribution in [0.4, 0.5) is 0 Å². The van der Waals surface area contributed by atoms with Crippen LogP contribution in [-0.4, -0.2) is 4.98 Å². The summed E-state index contributed by atoms with van der Waals surface area (Å²) in [6.07, 6.45) is 5.55. The Morgan fingerprint density at radius 3 is 3.12 bits per heavy atom. The zero-order valence-corrected chi connectivity index (χ0v) is 9.55. The lowest BCUT2D eigenvalue weighted by molar-refractivity contribution is 0.418. The maximum atomic E-state index is 11.5. The smallest absolute Gasteiger partial charge is 0.266 e. The molecule has 1 aliphatic rings. The molecular weight excluding hydrogens is 200 g/mol. The van der Waals surface area contributed by atoms with E-state index in [0.29, 0.717) is 0 Å². The summed E-state index contributed by atoms with van der Waals surface area (Å²) in [5, 5.41) is 8.82. The Morgan fingerprint density at radius 1 is 1.62 bits per heavy atom. The second-order valence-corrected chi connectivity index (χ2v) is 4.53. The maximum Gasteiger partial charge on any atom is 0.266 e. The van der Waals surface area contributed by atoms with E-state index in [9.17, 15) is 4.79 Å². The number of H-pyrrole nitrogens is 1. The van der Waals surface area contributed by atoms with Crippen LogP contribution in [0.15, 0.2) is 10.9 Å². The van der Waals surface area contributed by atoms with Gasteiger partial charge in [-0.1, -0.05) is 19.8 Å². The number of pyridine rings is 1. The molecule has 3 nitrogen and oxygen atoms in total. The van der Waals surface area contributed by atoms with Gasteiger partial charge in [0.05, 0.1) is 0 Å². The van der Waals surface area contributed by atoms with Gasteiger partial charge in [-0.15, -0.1) is 0 Å². The molecule has 3 heteroatoms. The molecule has 0 amide bonds. The minimum absolute atomic E-state index is 0.241. The van der Waals surface area contributed by atoms with Crippen LogP contribution in [0.5, 0.6) is 0 Å². The molecule has 0 saturated heterocycles. The number of hydrogen-bond acceptors (Lipinski definition) is 2. The molecule has 1 aromatic heterocycles. The van der Waals surface area contributed by atoms with Gasteiger partial charge in [-0.05, 0) is 36.8 Å². The number of aromatic amines is 1. The summed E-state index contributed by atoms with van der Waals surface area (Å²) in [7, 11) is 0. The zero-order valence-electron chi connectivity index (χ0n) is 9.55. The fourth-order valence-corrected chi connectivity index (χ4v) is 2.52. The van der Waals surface area contributed by atoms with Crippen LogP contribution in [0, 0.1) is 17.2 Å². The Hall–Kier alpha value is -1.56. The summed E-state index contributed by atoms with van der Waals surface area (Å²) < 4.78 is 0. The first-order valence-electron chi connectivity index (χ1n) is 5.89. The first-order chi connectivity index (χ1) is 7.74. The van der Waals surface area contributed by atoms with Crippen molar-refractivity contribution in [1.29, 1.82) is 5.26 Å². The SMILES string of the molecule is CCC[C@H]1CCc2[nH]c(=O)c(C#N)cc2C1. The number of rotatable bonds is 2. The molecule has 0 aliphatic heterocycles. The van der Waals surface area contributed by atoms with Gasteiger partial charge in [-0.3, -0.25) is 4.79 Å². The molecule has 2 rings (SSSR count). The van der Waals surface area contributed by atoms with Crippen molar-refractivity contribution < 1.29 is 0 Å². The normalized spacial score (nSPS) is 18.9. The molecule has 0 saturated carbocycles. The van der Waals surface area contributed by atoms with E-state index in [0.717, 1.165) is 30.9 Å². The predicted octanol–water partition coefficient (Wildman–Crippen LogP) is 2.15. The highest BCUT2D eigenvalue weighted by Crippen LogP contribution is 2.26. The van der Waals surface area contributed by atoms with E-state index >= 15 is 0 Å². The van der Waals surface area contributed by atoms with E-state index in [1.165, 1.54) is 18.4 Å². The van der Waals surface area contributed by atoms with Gasteiger partial charge in [0.2, 0.25) is 0 Å². The molecule has 1 N–H and O–H groups in total. The van der Waals surface area contributed by atoms with Crippen LogP contribution in [0.25, 0.3) is 0 Å². The van der Waals surface area contributed by atoms with Crippen molar-refractivity contribution in [3.8, 4) is 6.07 Å². The molecule has 0 fully saturated rings. The number of nitrogens with one attached hydrogen (secondary N) is 1.